The first kappa shape index (κ1) is 32.7. The van der Waals surface area contributed by atoms with E-state index >= 15 is 0 Å². The maximum atomic E-state index is 14.1. The summed E-state index contributed by atoms with van der Waals surface area (Å²) in [5.41, 5.74) is 8.57. The fraction of sp³-hybridized carbons (Fsp3) is 0.385. The average molecular weight is 637 g/mol. The SMILES string of the molecule is CCN(c1cc(-c2ccc([C@@H]3C[C@H]3NCc3ccccc3F)cc2)cc(C(=O)NCc2c(C)cc(C)[nH]c2=O)c1C)C1CCOCC1. The molecule has 7 nitrogen and oxygen atoms in total. The van der Waals surface area contributed by atoms with Crippen molar-refractivity contribution in [3.63, 3.8) is 0 Å². The second kappa shape index (κ2) is 14.2. The Kier molecular flexibility index (Phi) is 9.89. The lowest BCUT2D eigenvalue weighted by Crippen LogP contribution is -2.40. The second-order valence-electron chi connectivity index (χ2n) is 13.0. The van der Waals surface area contributed by atoms with Gasteiger partial charge >= 0.3 is 0 Å². The van der Waals surface area contributed by atoms with Crippen LogP contribution in [0.3, 0.4) is 0 Å². The molecular weight excluding hydrogens is 591 g/mol. The lowest BCUT2D eigenvalue weighted by Gasteiger charge is -2.37. The minimum Gasteiger partial charge on any atom is -0.381 e. The van der Waals surface area contributed by atoms with Gasteiger partial charge in [0.1, 0.15) is 5.82 Å². The van der Waals surface area contributed by atoms with Gasteiger partial charge < -0.3 is 25.3 Å². The molecule has 0 radical (unpaired) electrons. The number of benzene rings is 3. The van der Waals surface area contributed by atoms with Gasteiger partial charge in [-0.05, 0) is 99.0 Å². The zero-order valence-corrected chi connectivity index (χ0v) is 27.8. The van der Waals surface area contributed by atoms with E-state index in [9.17, 15) is 14.0 Å². The first-order chi connectivity index (χ1) is 22.7. The molecule has 1 aromatic heterocycles. The van der Waals surface area contributed by atoms with Crippen LogP contribution < -0.4 is 21.1 Å². The third kappa shape index (κ3) is 7.34. The number of hydrogen-bond acceptors (Lipinski definition) is 5. The number of hydrogen-bond donors (Lipinski definition) is 3. The molecule has 1 aliphatic heterocycles. The smallest absolute Gasteiger partial charge is 0.253 e. The number of aryl methyl sites for hydroxylation is 2. The van der Waals surface area contributed by atoms with E-state index in [2.05, 4.69) is 57.8 Å². The lowest BCUT2D eigenvalue weighted by molar-refractivity contribution is 0.0846. The van der Waals surface area contributed by atoms with Crippen LogP contribution in [0.5, 0.6) is 0 Å². The Balaban J connectivity index is 1.25. The summed E-state index contributed by atoms with van der Waals surface area (Å²) in [6.45, 7) is 10.9. The van der Waals surface area contributed by atoms with Crippen LogP contribution in [0.4, 0.5) is 10.1 Å². The molecule has 3 aromatic carbocycles. The number of carbonyl (C=O) groups excluding carboxylic acids is 1. The number of aromatic nitrogens is 1. The minimum atomic E-state index is -0.202. The first-order valence-electron chi connectivity index (χ1n) is 16.8. The third-order valence-electron chi connectivity index (χ3n) is 9.80. The van der Waals surface area contributed by atoms with Crippen LogP contribution in [-0.4, -0.2) is 42.7 Å². The van der Waals surface area contributed by atoms with Crippen molar-refractivity contribution < 1.29 is 13.9 Å². The predicted molar refractivity (Wildman–Crippen MR) is 186 cm³/mol. The number of pyridine rings is 1. The third-order valence-corrected chi connectivity index (χ3v) is 9.80. The monoisotopic (exact) mass is 636 g/mol. The van der Waals surface area contributed by atoms with Gasteiger partial charge in [0.05, 0.1) is 0 Å². The van der Waals surface area contributed by atoms with E-state index in [0.717, 1.165) is 72.7 Å². The number of amides is 1. The van der Waals surface area contributed by atoms with Crippen LogP contribution in [0.2, 0.25) is 0 Å². The summed E-state index contributed by atoms with van der Waals surface area (Å²) in [5, 5.41) is 6.54. The van der Waals surface area contributed by atoms with Crippen LogP contribution in [0.25, 0.3) is 11.1 Å². The van der Waals surface area contributed by atoms with Crippen LogP contribution >= 0.6 is 0 Å². The quantitative estimate of drug-likeness (QED) is 0.171. The number of anilines is 1. The Morgan fingerprint density at radius 2 is 1.72 bits per heavy atom. The van der Waals surface area contributed by atoms with Crippen molar-refractivity contribution in [2.45, 2.75) is 78.0 Å². The highest BCUT2D eigenvalue weighted by Crippen LogP contribution is 2.42. The highest BCUT2D eigenvalue weighted by atomic mass is 19.1. The maximum Gasteiger partial charge on any atom is 0.253 e. The van der Waals surface area contributed by atoms with Gasteiger partial charge in [0.2, 0.25) is 0 Å². The summed E-state index contributed by atoms with van der Waals surface area (Å²) in [7, 11) is 0. The molecular formula is C39H45FN4O3. The molecule has 0 unspecified atom stereocenters. The maximum absolute atomic E-state index is 14.1. The van der Waals surface area contributed by atoms with Crippen molar-refractivity contribution >= 4 is 11.6 Å². The highest BCUT2D eigenvalue weighted by Gasteiger charge is 2.38. The zero-order valence-electron chi connectivity index (χ0n) is 27.8. The van der Waals surface area contributed by atoms with Crippen molar-refractivity contribution in [3.8, 4) is 11.1 Å². The summed E-state index contributed by atoms with van der Waals surface area (Å²) in [5.74, 6) is 0.0130. The Bertz CT molecular complexity index is 1800. The summed E-state index contributed by atoms with van der Waals surface area (Å²) in [6.07, 6.45) is 2.90. The van der Waals surface area contributed by atoms with E-state index in [-0.39, 0.29) is 23.8 Å². The number of aromatic amines is 1. The van der Waals surface area contributed by atoms with Gasteiger partial charge in [-0.3, -0.25) is 9.59 Å². The fourth-order valence-corrected chi connectivity index (χ4v) is 6.98. The number of carbonyl (C=O) groups is 1. The van der Waals surface area contributed by atoms with E-state index in [4.69, 9.17) is 4.74 Å². The summed E-state index contributed by atoms with van der Waals surface area (Å²) >= 11 is 0. The normalized spacial score (nSPS) is 17.8. The molecule has 246 valence electrons. The van der Waals surface area contributed by atoms with Crippen molar-refractivity contribution in [1.29, 1.82) is 0 Å². The number of halogens is 1. The fourth-order valence-electron chi connectivity index (χ4n) is 6.98. The summed E-state index contributed by atoms with van der Waals surface area (Å²) in [4.78, 5) is 31.7. The molecule has 0 spiro atoms. The van der Waals surface area contributed by atoms with Crippen LogP contribution in [-0.2, 0) is 17.8 Å². The molecule has 2 fully saturated rings. The van der Waals surface area contributed by atoms with Gasteiger partial charge in [0.15, 0.2) is 0 Å². The van der Waals surface area contributed by atoms with Crippen molar-refractivity contribution in [3.05, 3.63) is 122 Å². The van der Waals surface area contributed by atoms with E-state index in [1.54, 1.807) is 6.07 Å². The molecule has 1 saturated heterocycles. The molecule has 0 bridgehead atoms. The summed E-state index contributed by atoms with van der Waals surface area (Å²) in [6, 6.07) is 22.3. The molecule has 1 aliphatic carbocycles. The van der Waals surface area contributed by atoms with Gasteiger partial charge in [0, 0.05) is 78.9 Å². The van der Waals surface area contributed by atoms with Crippen molar-refractivity contribution in [2.24, 2.45) is 0 Å². The number of rotatable bonds is 11. The first-order valence-corrected chi connectivity index (χ1v) is 16.8. The molecule has 2 heterocycles. The Labute approximate surface area is 276 Å². The topological polar surface area (TPSA) is 86.5 Å². The predicted octanol–water partition coefficient (Wildman–Crippen LogP) is 6.69. The molecule has 2 atom stereocenters. The number of nitrogens with zero attached hydrogens (tertiary/aromatic N) is 1. The van der Waals surface area contributed by atoms with Gasteiger partial charge in [0.25, 0.3) is 11.5 Å². The molecule has 47 heavy (non-hydrogen) atoms. The Morgan fingerprint density at radius 1 is 0.979 bits per heavy atom. The van der Waals surface area contributed by atoms with Crippen molar-refractivity contribution in [1.82, 2.24) is 15.6 Å². The molecule has 6 rings (SSSR count). The Morgan fingerprint density at radius 3 is 2.43 bits per heavy atom. The van der Waals surface area contributed by atoms with Crippen LogP contribution in [0.15, 0.2) is 71.5 Å². The number of H-pyrrole nitrogens is 1. The van der Waals surface area contributed by atoms with E-state index in [1.807, 2.05) is 45.0 Å². The minimum absolute atomic E-state index is 0.152. The second-order valence-corrected chi connectivity index (χ2v) is 13.0. The van der Waals surface area contributed by atoms with Gasteiger partial charge in [-0.1, -0.05) is 42.5 Å². The number of nitrogens with one attached hydrogen (secondary N) is 3. The zero-order chi connectivity index (χ0) is 33.1. The lowest BCUT2D eigenvalue weighted by atomic mass is 9.94. The van der Waals surface area contributed by atoms with Gasteiger partial charge in [-0.2, -0.15) is 0 Å². The van der Waals surface area contributed by atoms with Gasteiger partial charge in [-0.25, -0.2) is 4.39 Å². The van der Waals surface area contributed by atoms with Crippen LogP contribution in [0, 0.1) is 26.6 Å². The van der Waals surface area contributed by atoms with E-state index in [0.29, 0.717) is 41.2 Å². The highest BCUT2D eigenvalue weighted by molar-refractivity contribution is 5.99. The van der Waals surface area contributed by atoms with E-state index in [1.165, 1.54) is 11.6 Å². The number of ether oxygens (including phenoxy) is 1. The largest absolute Gasteiger partial charge is 0.381 e. The molecule has 8 heteroatoms. The molecule has 2 aliphatic rings. The van der Waals surface area contributed by atoms with Crippen molar-refractivity contribution in [2.75, 3.05) is 24.7 Å². The summed E-state index contributed by atoms with van der Waals surface area (Å²) < 4.78 is 19.7. The standard InChI is InChI=1S/C39H45FN4O3/c1-5-44(31-14-16-47-17-15-31)37-20-30(19-32(26(37)4)38(45)42-23-34-24(2)18-25(3)43-39(34)46)27-10-12-28(13-11-27)33-21-36(33)41-22-29-8-6-7-9-35(29)40/h6-13,18-20,31,33,36,41H,5,14-17,21-23H2,1-4H3,(H,42,45)(H,43,46)/t33-,36+/m0/s1. The van der Waals surface area contributed by atoms with Crippen LogP contribution in [0.1, 0.15) is 76.0 Å². The molecule has 3 N–H and O–H groups in total. The van der Waals surface area contributed by atoms with E-state index < -0.39 is 0 Å². The van der Waals surface area contributed by atoms with Gasteiger partial charge in [-0.15, -0.1) is 0 Å². The Hall–Kier alpha value is -4.27. The molecule has 1 saturated carbocycles. The average Bonchev–Trinajstić information content (AvgIpc) is 3.85. The molecule has 4 aromatic rings. The molecule has 1 amide bonds.